The highest BCUT2D eigenvalue weighted by Gasteiger charge is 2.47. The molecule has 4 nitrogen and oxygen atoms in total. The van der Waals surface area contributed by atoms with E-state index < -0.39 is 5.41 Å². The zero-order valence-corrected chi connectivity index (χ0v) is 12.5. The van der Waals surface area contributed by atoms with Gasteiger partial charge in [-0.1, -0.05) is 12.1 Å². The van der Waals surface area contributed by atoms with E-state index in [1.54, 1.807) is 24.3 Å². The van der Waals surface area contributed by atoms with Gasteiger partial charge in [0, 0.05) is 16.7 Å². The van der Waals surface area contributed by atoms with Gasteiger partial charge in [0.25, 0.3) is 0 Å². The van der Waals surface area contributed by atoms with Crippen molar-refractivity contribution >= 4 is 28.9 Å². The van der Waals surface area contributed by atoms with Crippen molar-refractivity contribution < 1.29 is 4.79 Å². The number of hydrogen-bond acceptors (Lipinski definition) is 5. The lowest BCUT2D eigenvalue weighted by Crippen LogP contribution is -2.44. The quantitative estimate of drug-likeness (QED) is 0.748. The number of fused-ring (bicyclic) bond motifs is 4. The summed E-state index contributed by atoms with van der Waals surface area (Å²) in [4.78, 5) is 27.1. The largest absolute Gasteiger partial charge is 0.292 e. The summed E-state index contributed by atoms with van der Waals surface area (Å²) in [6.07, 6.45) is 3.31. The van der Waals surface area contributed by atoms with Crippen molar-refractivity contribution in [2.75, 3.05) is 0 Å². The SMILES string of the molecule is CC1(C)C(=O)C2=Nc3ccccc3SC2c2ncncc21. The van der Waals surface area contributed by atoms with Gasteiger partial charge in [0.15, 0.2) is 5.78 Å². The van der Waals surface area contributed by atoms with Crippen molar-refractivity contribution in [3.8, 4) is 0 Å². The molecule has 21 heavy (non-hydrogen) atoms. The standard InChI is InChI=1S/C16H13N3OS/c1-16(2)9-7-17-8-18-12(9)14-13(15(16)20)19-10-5-3-4-6-11(10)21-14/h3-8,14H,1-2H3. The van der Waals surface area contributed by atoms with Crippen LogP contribution in [-0.2, 0) is 10.2 Å². The monoisotopic (exact) mass is 295 g/mol. The number of carbonyl (C=O) groups is 1. The Kier molecular flexibility index (Phi) is 2.57. The lowest BCUT2D eigenvalue weighted by atomic mass is 9.73. The summed E-state index contributed by atoms with van der Waals surface area (Å²) >= 11 is 1.65. The van der Waals surface area contributed by atoms with Crippen molar-refractivity contribution in [3.05, 3.63) is 48.0 Å². The van der Waals surface area contributed by atoms with E-state index in [0.717, 1.165) is 21.8 Å². The first-order valence-corrected chi connectivity index (χ1v) is 7.66. The molecule has 0 radical (unpaired) electrons. The predicted molar refractivity (Wildman–Crippen MR) is 82.2 cm³/mol. The van der Waals surface area contributed by atoms with E-state index >= 15 is 0 Å². The summed E-state index contributed by atoms with van der Waals surface area (Å²) in [7, 11) is 0. The molecule has 1 aromatic heterocycles. The van der Waals surface area contributed by atoms with Crippen LogP contribution in [0.4, 0.5) is 5.69 Å². The van der Waals surface area contributed by atoms with Crippen LogP contribution in [0.25, 0.3) is 0 Å². The Morgan fingerprint density at radius 2 is 2.05 bits per heavy atom. The maximum atomic E-state index is 12.9. The van der Waals surface area contributed by atoms with Crippen molar-refractivity contribution in [1.82, 2.24) is 9.97 Å². The van der Waals surface area contributed by atoms with Crippen LogP contribution in [0.5, 0.6) is 0 Å². The minimum absolute atomic E-state index is 0.0665. The summed E-state index contributed by atoms with van der Waals surface area (Å²) in [5.74, 6) is 0.0665. The van der Waals surface area contributed by atoms with Crippen LogP contribution in [0.1, 0.15) is 30.4 Å². The number of ketones is 1. The molecule has 2 aliphatic rings. The maximum Gasteiger partial charge on any atom is 0.188 e. The molecule has 1 aromatic carbocycles. The normalized spacial score (nSPS) is 21.9. The molecule has 1 unspecified atom stereocenters. The van der Waals surface area contributed by atoms with Crippen LogP contribution >= 0.6 is 11.8 Å². The third-order valence-corrected chi connectivity index (χ3v) is 5.35. The number of thioether (sulfide) groups is 1. The molecular formula is C16H13N3OS. The number of rotatable bonds is 0. The summed E-state index contributed by atoms with van der Waals surface area (Å²) in [5.41, 5.74) is 2.67. The van der Waals surface area contributed by atoms with Crippen LogP contribution in [0.2, 0.25) is 0 Å². The predicted octanol–water partition coefficient (Wildman–Crippen LogP) is 3.26. The molecule has 0 saturated carbocycles. The number of para-hydroxylation sites is 1. The molecule has 1 aliphatic heterocycles. The maximum absolute atomic E-state index is 12.9. The number of hydrogen-bond donors (Lipinski definition) is 0. The number of benzene rings is 1. The molecule has 2 heterocycles. The number of Topliss-reactive ketones (excluding diaryl/α,β-unsaturated/α-hetero) is 1. The summed E-state index contributed by atoms with van der Waals surface area (Å²) < 4.78 is 0. The van der Waals surface area contributed by atoms with Gasteiger partial charge in [0.1, 0.15) is 12.0 Å². The summed E-state index contributed by atoms with van der Waals surface area (Å²) in [5, 5.41) is -0.126. The topological polar surface area (TPSA) is 55.2 Å². The Labute approximate surface area is 126 Å². The van der Waals surface area contributed by atoms with Crippen LogP contribution in [0, 0.1) is 0 Å². The van der Waals surface area contributed by atoms with Crippen molar-refractivity contribution in [1.29, 1.82) is 0 Å². The van der Waals surface area contributed by atoms with Crippen LogP contribution in [0.3, 0.4) is 0 Å². The molecule has 0 bridgehead atoms. The van der Waals surface area contributed by atoms with Crippen molar-refractivity contribution in [2.24, 2.45) is 4.99 Å². The molecule has 104 valence electrons. The Hall–Kier alpha value is -2.01. The Morgan fingerprint density at radius 3 is 2.90 bits per heavy atom. The number of nitrogens with zero attached hydrogens (tertiary/aromatic N) is 3. The number of carbonyl (C=O) groups excluding carboxylic acids is 1. The van der Waals surface area contributed by atoms with Crippen LogP contribution in [0.15, 0.2) is 46.7 Å². The Bertz CT molecular complexity index is 798. The molecule has 5 heteroatoms. The van der Waals surface area contributed by atoms with Gasteiger partial charge >= 0.3 is 0 Å². The fourth-order valence-corrected chi connectivity index (χ4v) is 4.06. The van der Waals surface area contributed by atoms with Gasteiger partial charge in [-0.2, -0.15) is 0 Å². The van der Waals surface area contributed by atoms with Gasteiger partial charge in [-0.3, -0.25) is 4.79 Å². The summed E-state index contributed by atoms with van der Waals surface area (Å²) in [6.45, 7) is 3.84. The van der Waals surface area contributed by atoms with Gasteiger partial charge in [0.05, 0.1) is 22.0 Å². The molecule has 0 amide bonds. The third kappa shape index (κ3) is 1.70. The van der Waals surface area contributed by atoms with Crippen molar-refractivity contribution in [2.45, 2.75) is 29.4 Å². The highest BCUT2D eigenvalue weighted by molar-refractivity contribution is 8.00. The van der Waals surface area contributed by atoms with E-state index in [1.807, 2.05) is 38.1 Å². The molecule has 0 saturated heterocycles. The smallest absolute Gasteiger partial charge is 0.188 e. The average Bonchev–Trinajstić information content (AvgIpc) is 2.52. The fraction of sp³-hybridized carbons (Fsp3) is 0.250. The lowest BCUT2D eigenvalue weighted by molar-refractivity contribution is -0.117. The minimum Gasteiger partial charge on any atom is -0.292 e. The summed E-state index contributed by atoms with van der Waals surface area (Å²) in [6, 6.07) is 7.91. The first kappa shape index (κ1) is 12.7. The Morgan fingerprint density at radius 1 is 1.24 bits per heavy atom. The van der Waals surface area contributed by atoms with E-state index in [2.05, 4.69) is 15.0 Å². The fourth-order valence-electron chi connectivity index (χ4n) is 2.85. The van der Waals surface area contributed by atoms with Gasteiger partial charge in [-0.05, 0) is 26.0 Å². The molecule has 4 rings (SSSR count). The lowest BCUT2D eigenvalue weighted by Gasteiger charge is -2.36. The molecule has 0 fully saturated rings. The molecule has 2 aromatic rings. The van der Waals surface area contributed by atoms with E-state index in [4.69, 9.17) is 0 Å². The second-order valence-electron chi connectivity index (χ2n) is 5.74. The zero-order chi connectivity index (χ0) is 14.6. The number of aliphatic imine (C=N–C) groups is 1. The van der Waals surface area contributed by atoms with Gasteiger partial charge in [-0.25, -0.2) is 15.0 Å². The first-order valence-electron chi connectivity index (χ1n) is 6.78. The van der Waals surface area contributed by atoms with E-state index in [0.29, 0.717) is 5.71 Å². The molecule has 0 spiro atoms. The zero-order valence-electron chi connectivity index (χ0n) is 11.7. The van der Waals surface area contributed by atoms with Crippen LogP contribution < -0.4 is 0 Å². The Balaban J connectivity index is 1.99. The van der Waals surface area contributed by atoms with Crippen LogP contribution in [-0.4, -0.2) is 21.5 Å². The minimum atomic E-state index is -0.626. The highest BCUT2D eigenvalue weighted by Crippen LogP contribution is 2.50. The second-order valence-corrected chi connectivity index (χ2v) is 6.89. The van der Waals surface area contributed by atoms with E-state index in [9.17, 15) is 4.79 Å². The van der Waals surface area contributed by atoms with Gasteiger partial charge in [0.2, 0.25) is 0 Å². The number of aromatic nitrogens is 2. The molecular weight excluding hydrogens is 282 g/mol. The van der Waals surface area contributed by atoms with Gasteiger partial charge < -0.3 is 0 Å². The second kappa shape index (κ2) is 4.24. The van der Waals surface area contributed by atoms with E-state index in [-0.39, 0.29) is 11.0 Å². The van der Waals surface area contributed by atoms with Crippen molar-refractivity contribution in [3.63, 3.8) is 0 Å². The molecule has 1 atom stereocenters. The molecule has 1 aliphatic carbocycles. The first-order chi connectivity index (χ1) is 10.1. The third-order valence-electron chi connectivity index (χ3n) is 4.06. The average molecular weight is 295 g/mol. The highest BCUT2D eigenvalue weighted by atomic mass is 32.2. The molecule has 0 N–H and O–H groups in total. The van der Waals surface area contributed by atoms with Gasteiger partial charge in [-0.15, -0.1) is 11.8 Å². The van der Waals surface area contributed by atoms with E-state index in [1.165, 1.54) is 0 Å².